The monoisotopic (exact) mass is 590 g/mol. The maximum absolute atomic E-state index is 2.39. The zero-order chi connectivity index (χ0) is 28.9. The third-order valence-electron chi connectivity index (χ3n) is 9.08. The fourth-order valence-electron chi connectivity index (χ4n) is 7.08. The second-order valence-electron chi connectivity index (χ2n) is 11.4. The van der Waals surface area contributed by atoms with Crippen molar-refractivity contribution in [2.75, 3.05) is 12.3 Å². The van der Waals surface area contributed by atoms with E-state index in [2.05, 4.69) is 182 Å². The minimum atomic E-state index is -0.520. The van der Waals surface area contributed by atoms with E-state index in [4.69, 9.17) is 0 Å². The van der Waals surface area contributed by atoms with E-state index in [0.29, 0.717) is 11.8 Å². The third kappa shape index (κ3) is 5.63. The predicted octanol–water partition coefficient (Wildman–Crippen LogP) is 8.48. The van der Waals surface area contributed by atoms with E-state index >= 15 is 0 Å². The van der Waals surface area contributed by atoms with Crippen LogP contribution in [0.3, 0.4) is 0 Å². The molecule has 0 bridgehead atoms. The molecule has 7 rings (SSSR count). The van der Waals surface area contributed by atoms with Crippen LogP contribution in [0.2, 0.25) is 0 Å². The highest BCUT2D eigenvalue weighted by atomic mass is 31.1. The molecule has 6 aromatic rings. The Hall–Kier alpha value is -3.82. The highest BCUT2D eigenvalue weighted by molar-refractivity contribution is 7.73. The van der Waals surface area contributed by atoms with Crippen molar-refractivity contribution in [2.24, 2.45) is 11.8 Å². The van der Waals surface area contributed by atoms with E-state index in [-0.39, 0.29) is 5.41 Å². The number of rotatable bonds is 10. The molecule has 210 valence electrons. The summed E-state index contributed by atoms with van der Waals surface area (Å²) in [5, 5.41) is 5.88. The highest BCUT2D eigenvalue weighted by Gasteiger charge is 2.66. The number of hydrogen-bond donors (Lipinski definition) is 0. The normalized spacial score (nSPS) is 17.2. The van der Waals surface area contributed by atoms with Crippen molar-refractivity contribution in [1.29, 1.82) is 0 Å². The topological polar surface area (TPSA) is 0 Å². The van der Waals surface area contributed by atoms with E-state index in [1.165, 1.54) is 44.7 Å². The molecular weight excluding hydrogens is 554 g/mol. The average Bonchev–Trinajstić information content (AvgIpc) is 3.75. The molecule has 6 aromatic carbocycles. The van der Waals surface area contributed by atoms with Gasteiger partial charge in [0.25, 0.3) is 0 Å². The fourth-order valence-corrected chi connectivity index (χ4v) is 12.5. The summed E-state index contributed by atoms with van der Waals surface area (Å²) in [4.78, 5) is 0. The second kappa shape index (κ2) is 12.8. The van der Waals surface area contributed by atoms with Crippen LogP contribution in [-0.4, -0.2) is 12.3 Å². The maximum atomic E-state index is 2.39. The van der Waals surface area contributed by atoms with Crippen molar-refractivity contribution < 1.29 is 0 Å². The van der Waals surface area contributed by atoms with Crippen LogP contribution in [0.25, 0.3) is 0 Å². The first-order valence-corrected chi connectivity index (χ1v) is 18.3. The molecule has 1 aliphatic carbocycles. The Labute approximate surface area is 259 Å². The molecule has 0 heterocycles. The Balaban J connectivity index is 1.37. The molecule has 0 radical (unpaired) electrons. The second-order valence-corrected chi connectivity index (χ2v) is 15.9. The lowest BCUT2D eigenvalue weighted by atomic mass is 9.84. The van der Waals surface area contributed by atoms with Crippen LogP contribution in [0.1, 0.15) is 11.1 Å². The van der Waals surface area contributed by atoms with E-state index in [1.54, 1.807) is 0 Å². The maximum Gasteiger partial charge on any atom is 0.0272 e. The molecule has 0 aliphatic heterocycles. The van der Waals surface area contributed by atoms with Crippen molar-refractivity contribution in [3.05, 3.63) is 193 Å². The van der Waals surface area contributed by atoms with Crippen molar-refractivity contribution in [1.82, 2.24) is 0 Å². The van der Waals surface area contributed by atoms with Gasteiger partial charge in [-0.15, -0.1) is 0 Å². The van der Waals surface area contributed by atoms with E-state index in [0.717, 1.165) is 0 Å². The van der Waals surface area contributed by atoms with Gasteiger partial charge >= 0.3 is 0 Å². The zero-order valence-electron chi connectivity index (χ0n) is 24.3. The van der Waals surface area contributed by atoms with E-state index in [1.807, 2.05) is 0 Å². The van der Waals surface area contributed by atoms with E-state index < -0.39 is 15.8 Å². The van der Waals surface area contributed by atoms with Gasteiger partial charge in [-0.25, -0.2) is 0 Å². The van der Waals surface area contributed by atoms with Gasteiger partial charge in [0.05, 0.1) is 0 Å². The van der Waals surface area contributed by atoms with Gasteiger partial charge in [-0.3, -0.25) is 0 Å². The van der Waals surface area contributed by atoms with Crippen LogP contribution < -0.4 is 21.2 Å². The Morgan fingerprint density at radius 2 is 0.558 bits per heavy atom. The summed E-state index contributed by atoms with van der Waals surface area (Å²) in [6.07, 6.45) is 2.34. The van der Waals surface area contributed by atoms with Gasteiger partial charge in [0, 0.05) is 5.41 Å². The molecule has 2 heteroatoms. The molecule has 0 amide bonds. The molecular formula is C41H36P2. The van der Waals surface area contributed by atoms with Gasteiger partial charge in [-0.05, 0) is 72.3 Å². The van der Waals surface area contributed by atoms with Gasteiger partial charge in [0.1, 0.15) is 0 Å². The summed E-state index contributed by atoms with van der Waals surface area (Å²) >= 11 is 0. The quantitative estimate of drug-likeness (QED) is 0.140. The molecule has 1 fully saturated rings. The van der Waals surface area contributed by atoms with Gasteiger partial charge in [0.15, 0.2) is 0 Å². The first-order valence-electron chi connectivity index (χ1n) is 15.2. The smallest absolute Gasteiger partial charge is 0.0272 e. The summed E-state index contributed by atoms with van der Waals surface area (Å²) in [6.45, 7) is 0. The van der Waals surface area contributed by atoms with Crippen molar-refractivity contribution in [3.8, 4) is 0 Å². The predicted molar refractivity (Wildman–Crippen MR) is 189 cm³/mol. The summed E-state index contributed by atoms with van der Waals surface area (Å²) < 4.78 is 0. The van der Waals surface area contributed by atoms with Crippen LogP contribution in [0.4, 0.5) is 0 Å². The van der Waals surface area contributed by atoms with Gasteiger partial charge in [-0.1, -0.05) is 182 Å². The van der Waals surface area contributed by atoms with Crippen LogP contribution in [-0.2, 0) is 5.41 Å². The summed E-state index contributed by atoms with van der Waals surface area (Å²) in [5.41, 5.74) is 2.91. The van der Waals surface area contributed by atoms with Crippen LogP contribution >= 0.6 is 15.8 Å². The molecule has 43 heavy (non-hydrogen) atoms. The third-order valence-corrected chi connectivity index (χ3v) is 14.3. The Morgan fingerprint density at radius 1 is 0.326 bits per heavy atom. The Morgan fingerprint density at radius 3 is 0.814 bits per heavy atom. The van der Waals surface area contributed by atoms with Gasteiger partial charge in [-0.2, -0.15) is 0 Å². The molecule has 1 aliphatic rings. The molecule has 2 atom stereocenters. The minimum absolute atomic E-state index is 0.0171. The average molecular weight is 591 g/mol. The van der Waals surface area contributed by atoms with Crippen molar-refractivity contribution in [2.45, 2.75) is 5.41 Å². The lowest BCUT2D eigenvalue weighted by molar-refractivity contribution is 0.736. The standard InChI is InChI=1S/C41H36P2/c1-7-19-33(20-8-1)41(34-21-9-2-10-22-34)39(31-42(35-23-11-3-12-24-35)36-25-13-4-14-26-36)40(41)32-43(37-27-15-5-16-28-37)38-29-17-6-18-30-38/h1-30,39-40H,31-32H2/t39-,40-/m0/s1. The Bertz CT molecular complexity index is 1490. The van der Waals surface area contributed by atoms with Crippen LogP contribution in [0.15, 0.2) is 182 Å². The molecule has 0 spiro atoms. The van der Waals surface area contributed by atoms with Crippen LogP contribution in [0.5, 0.6) is 0 Å². The highest BCUT2D eigenvalue weighted by Crippen LogP contribution is 2.69. The number of benzene rings is 6. The molecule has 0 unspecified atom stereocenters. The van der Waals surface area contributed by atoms with Gasteiger partial charge < -0.3 is 0 Å². The minimum Gasteiger partial charge on any atom is -0.0622 e. The zero-order valence-corrected chi connectivity index (χ0v) is 26.1. The lowest BCUT2D eigenvalue weighted by Gasteiger charge is -2.24. The Kier molecular flexibility index (Phi) is 8.34. The number of hydrogen-bond acceptors (Lipinski definition) is 0. The molecule has 0 nitrogen and oxygen atoms in total. The summed E-state index contributed by atoms with van der Waals surface area (Å²) in [7, 11) is -1.04. The summed E-state index contributed by atoms with van der Waals surface area (Å²) in [5.74, 6) is 1.06. The summed E-state index contributed by atoms with van der Waals surface area (Å²) in [6, 6.07) is 67.9. The fraction of sp³-hybridized carbons (Fsp3) is 0.122. The SMILES string of the molecule is c1ccc(P(C[C@H]2[C@H](CP(c3ccccc3)c3ccccc3)C2(c2ccccc2)c2ccccc2)c2ccccc2)cc1. The molecule has 0 saturated heterocycles. The largest absolute Gasteiger partial charge is 0.0622 e. The lowest BCUT2D eigenvalue weighted by Crippen LogP contribution is -2.20. The van der Waals surface area contributed by atoms with Crippen molar-refractivity contribution in [3.63, 3.8) is 0 Å². The first kappa shape index (κ1) is 28.0. The van der Waals surface area contributed by atoms with E-state index in [9.17, 15) is 0 Å². The molecule has 0 aromatic heterocycles. The van der Waals surface area contributed by atoms with Crippen molar-refractivity contribution >= 4 is 37.1 Å². The molecule has 1 saturated carbocycles. The van der Waals surface area contributed by atoms with Crippen LogP contribution in [0, 0.1) is 11.8 Å². The molecule has 0 N–H and O–H groups in total. The van der Waals surface area contributed by atoms with Gasteiger partial charge in [0.2, 0.25) is 0 Å². The first-order chi connectivity index (χ1) is 21.4.